The number of nitrogens with one attached hydrogen (secondary N) is 1. The van der Waals surface area contributed by atoms with Gasteiger partial charge >= 0.3 is 0 Å². The molecule has 0 spiro atoms. The number of hydrogen-bond donors (Lipinski definition) is 1. The third-order valence-electron chi connectivity index (χ3n) is 4.20. The molecule has 2 nitrogen and oxygen atoms in total. The maximum absolute atomic E-state index is 14.1. The molecule has 1 N–H and O–H groups in total. The van der Waals surface area contributed by atoms with E-state index in [2.05, 4.69) is 24.1 Å². The van der Waals surface area contributed by atoms with Crippen LogP contribution in [-0.2, 0) is 0 Å². The van der Waals surface area contributed by atoms with Crippen molar-refractivity contribution in [3.63, 3.8) is 0 Å². The van der Waals surface area contributed by atoms with Crippen molar-refractivity contribution in [3.8, 4) is 0 Å². The second kappa shape index (κ2) is 6.10. The van der Waals surface area contributed by atoms with E-state index in [1.807, 2.05) is 0 Å². The summed E-state index contributed by atoms with van der Waals surface area (Å²) in [5.74, 6) is -0.226. The Bertz CT molecular complexity index is 432. The Morgan fingerprint density at radius 3 is 2.74 bits per heavy atom. The van der Waals surface area contributed by atoms with E-state index in [-0.39, 0.29) is 11.4 Å². The molecule has 0 radical (unpaired) electrons. The molecule has 0 aromatic heterocycles. The van der Waals surface area contributed by atoms with Crippen LogP contribution < -0.4 is 10.2 Å². The summed E-state index contributed by atoms with van der Waals surface area (Å²) in [5.41, 5.74) is 0.752. The Kier molecular flexibility index (Phi) is 4.69. The van der Waals surface area contributed by atoms with Gasteiger partial charge in [0.25, 0.3) is 0 Å². The molecule has 19 heavy (non-hydrogen) atoms. The first kappa shape index (κ1) is 14.6. The van der Waals surface area contributed by atoms with Gasteiger partial charge in [-0.05, 0) is 44.0 Å². The van der Waals surface area contributed by atoms with Gasteiger partial charge in [0.1, 0.15) is 5.82 Å². The third-order valence-corrected chi connectivity index (χ3v) is 4.44. The minimum atomic E-state index is -0.226. The van der Waals surface area contributed by atoms with Crippen molar-refractivity contribution in [2.24, 2.45) is 0 Å². The normalized spacial score (nSPS) is 19.3. The lowest BCUT2D eigenvalue weighted by Crippen LogP contribution is -2.50. The zero-order chi connectivity index (χ0) is 13.9. The monoisotopic (exact) mass is 284 g/mol. The van der Waals surface area contributed by atoms with E-state index in [1.54, 1.807) is 12.1 Å². The zero-order valence-electron chi connectivity index (χ0n) is 11.7. The maximum atomic E-state index is 14.1. The van der Waals surface area contributed by atoms with Gasteiger partial charge in [-0.25, -0.2) is 4.39 Å². The Balaban J connectivity index is 2.27. The minimum absolute atomic E-state index is 0.0859. The van der Waals surface area contributed by atoms with Crippen LogP contribution in [0.4, 0.5) is 10.1 Å². The van der Waals surface area contributed by atoms with Gasteiger partial charge < -0.3 is 10.2 Å². The van der Waals surface area contributed by atoms with Crippen molar-refractivity contribution in [3.05, 3.63) is 29.0 Å². The Morgan fingerprint density at radius 2 is 2.11 bits per heavy atom. The smallest absolute Gasteiger partial charge is 0.147 e. The molecular weight excluding hydrogens is 263 g/mol. The van der Waals surface area contributed by atoms with Crippen LogP contribution in [0.5, 0.6) is 0 Å². The summed E-state index contributed by atoms with van der Waals surface area (Å²) in [4.78, 5) is 2.15. The van der Waals surface area contributed by atoms with Gasteiger partial charge in [0.15, 0.2) is 0 Å². The standard InChI is InChI=1S/C15H22ClFN2/c1-3-15(4-2)11-19(9-5-8-18-15)14-7-6-12(16)10-13(14)17/h6-7,10,18H,3-5,8-9,11H2,1-2H3. The summed E-state index contributed by atoms with van der Waals surface area (Å²) in [6, 6.07) is 4.95. The first-order chi connectivity index (χ1) is 9.10. The van der Waals surface area contributed by atoms with Crippen LogP contribution in [0.15, 0.2) is 18.2 Å². The van der Waals surface area contributed by atoms with Crippen molar-refractivity contribution in [1.82, 2.24) is 5.32 Å². The molecule has 0 aliphatic carbocycles. The summed E-state index contributed by atoms with van der Waals surface area (Å²) in [7, 11) is 0. The number of halogens is 2. The first-order valence-electron chi connectivity index (χ1n) is 7.05. The van der Waals surface area contributed by atoms with E-state index >= 15 is 0 Å². The van der Waals surface area contributed by atoms with E-state index in [4.69, 9.17) is 11.6 Å². The van der Waals surface area contributed by atoms with Crippen LogP contribution in [0.25, 0.3) is 0 Å². The molecule has 0 amide bonds. The largest absolute Gasteiger partial charge is 0.367 e. The first-order valence-corrected chi connectivity index (χ1v) is 7.43. The second-order valence-corrected chi connectivity index (χ2v) is 5.72. The lowest BCUT2D eigenvalue weighted by molar-refractivity contribution is 0.321. The van der Waals surface area contributed by atoms with Crippen LogP contribution in [0.1, 0.15) is 33.1 Å². The number of rotatable bonds is 3. The number of anilines is 1. The number of benzene rings is 1. The quantitative estimate of drug-likeness (QED) is 0.907. The van der Waals surface area contributed by atoms with Crippen LogP contribution >= 0.6 is 11.6 Å². The summed E-state index contributed by atoms with van der Waals surface area (Å²) >= 11 is 5.83. The highest BCUT2D eigenvalue weighted by Gasteiger charge is 2.31. The molecule has 0 atom stereocenters. The zero-order valence-corrected chi connectivity index (χ0v) is 12.4. The fourth-order valence-corrected chi connectivity index (χ4v) is 2.95. The summed E-state index contributed by atoms with van der Waals surface area (Å²) < 4.78 is 14.1. The molecule has 1 aromatic carbocycles. The predicted molar refractivity (Wildman–Crippen MR) is 79.6 cm³/mol. The Hall–Kier alpha value is -0.800. The van der Waals surface area contributed by atoms with Crippen LogP contribution in [0.2, 0.25) is 5.02 Å². The van der Waals surface area contributed by atoms with E-state index in [0.29, 0.717) is 10.7 Å². The van der Waals surface area contributed by atoms with Gasteiger partial charge in [-0.2, -0.15) is 0 Å². The van der Waals surface area contributed by atoms with E-state index in [0.717, 1.165) is 38.9 Å². The highest BCUT2D eigenvalue weighted by molar-refractivity contribution is 6.30. The van der Waals surface area contributed by atoms with Gasteiger partial charge in [0, 0.05) is 23.7 Å². The van der Waals surface area contributed by atoms with Gasteiger partial charge in [0.05, 0.1) is 5.69 Å². The maximum Gasteiger partial charge on any atom is 0.147 e. The topological polar surface area (TPSA) is 15.3 Å². The average Bonchev–Trinajstić information content (AvgIpc) is 2.62. The molecule has 1 aliphatic rings. The lowest BCUT2D eigenvalue weighted by atomic mass is 9.92. The van der Waals surface area contributed by atoms with Crippen LogP contribution in [0.3, 0.4) is 0 Å². The molecule has 1 aliphatic heterocycles. The van der Waals surface area contributed by atoms with Crippen molar-refractivity contribution < 1.29 is 4.39 Å². The fraction of sp³-hybridized carbons (Fsp3) is 0.600. The van der Waals surface area contributed by atoms with Crippen molar-refractivity contribution in [1.29, 1.82) is 0 Å². The third kappa shape index (κ3) is 3.21. The predicted octanol–water partition coefficient (Wildman–Crippen LogP) is 3.84. The lowest BCUT2D eigenvalue weighted by Gasteiger charge is -2.36. The molecule has 1 heterocycles. The highest BCUT2D eigenvalue weighted by Crippen LogP contribution is 2.28. The minimum Gasteiger partial charge on any atom is -0.367 e. The Labute approximate surface area is 119 Å². The van der Waals surface area contributed by atoms with E-state index < -0.39 is 0 Å². The van der Waals surface area contributed by atoms with Crippen molar-refractivity contribution >= 4 is 17.3 Å². The van der Waals surface area contributed by atoms with Crippen LogP contribution in [0, 0.1) is 5.82 Å². The van der Waals surface area contributed by atoms with Gasteiger partial charge in [-0.3, -0.25) is 0 Å². The van der Waals surface area contributed by atoms with Crippen LogP contribution in [-0.4, -0.2) is 25.2 Å². The number of hydrogen-bond acceptors (Lipinski definition) is 2. The van der Waals surface area contributed by atoms with E-state index in [1.165, 1.54) is 6.07 Å². The summed E-state index contributed by atoms with van der Waals surface area (Å²) in [6.45, 7) is 7.11. The second-order valence-electron chi connectivity index (χ2n) is 5.29. The molecule has 4 heteroatoms. The van der Waals surface area contributed by atoms with Gasteiger partial charge in [0.2, 0.25) is 0 Å². The molecule has 0 unspecified atom stereocenters. The molecular formula is C15H22ClFN2. The summed E-state index contributed by atoms with van der Waals surface area (Å²) in [5, 5.41) is 4.09. The van der Waals surface area contributed by atoms with Crippen molar-refractivity contribution in [2.45, 2.75) is 38.6 Å². The highest BCUT2D eigenvalue weighted by atomic mass is 35.5. The number of nitrogens with zero attached hydrogens (tertiary/aromatic N) is 1. The Morgan fingerprint density at radius 1 is 1.37 bits per heavy atom. The molecule has 1 saturated heterocycles. The molecule has 106 valence electrons. The fourth-order valence-electron chi connectivity index (χ4n) is 2.79. The average molecular weight is 285 g/mol. The molecule has 2 rings (SSSR count). The molecule has 0 saturated carbocycles. The van der Waals surface area contributed by atoms with Crippen molar-refractivity contribution in [2.75, 3.05) is 24.5 Å². The SMILES string of the molecule is CCC1(CC)CN(c2ccc(Cl)cc2F)CCCN1. The molecule has 1 aromatic rings. The van der Waals surface area contributed by atoms with Gasteiger partial charge in [-0.1, -0.05) is 25.4 Å². The molecule has 1 fully saturated rings. The van der Waals surface area contributed by atoms with E-state index in [9.17, 15) is 4.39 Å². The van der Waals surface area contributed by atoms with Gasteiger partial charge in [-0.15, -0.1) is 0 Å². The summed E-state index contributed by atoms with van der Waals surface area (Å²) in [6.07, 6.45) is 3.13. The molecule has 0 bridgehead atoms.